The second kappa shape index (κ2) is 6.01. The van der Waals surface area contributed by atoms with Crippen molar-refractivity contribution in [2.45, 2.75) is 18.9 Å². The topological polar surface area (TPSA) is 96.9 Å². The van der Waals surface area contributed by atoms with Gasteiger partial charge in [-0.3, -0.25) is 0 Å². The average molecular weight is 294 g/mol. The lowest BCUT2D eigenvalue weighted by molar-refractivity contribution is 0.0697. The van der Waals surface area contributed by atoms with Gasteiger partial charge in [0.25, 0.3) is 0 Å². The number of carboxylic acids is 1. The zero-order valence-electron chi connectivity index (χ0n) is 11.9. The third-order valence-electron chi connectivity index (χ3n) is 3.33. The number of nitrogens with one attached hydrogen (secondary N) is 2. The molecule has 3 N–H and O–H groups in total. The molecule has 1 saturated heterocycles. The lowest BCUT2D eigenvalue weighted by Gasteiger charge is -2.24. The molecule has 2 amide bonds. The molecule has 7 heteroatoms. The van der Waals surface area contributed by atoms with Gasteiger partial charge in [-0.1, -0.05) is 0 Å². The van der Waals surface area contributed by atoms with Gasteiger partial charge in [0.2, 0.25) is 0 Å². The standard InChI is InChI=1S/C14H18N2O5/c1-14(5-6-21-8-14)16-13(19)15-10-7-9(12(17)18)3-4-11(10)20-2/h3-4,7H,5-6,8H2,1-2H3,(H,17,18)(H2,15,16,19). The molecule has 0 spiro atoms. The molecule has 1 aliphatic rings. The Morgan fingerprint density at radius 1 is 1.43 bits per heavy atom. The summed E-state index contributed by atoms with van der Waals surface area (Å²) in [5.74, 6) is -0.680. The Morgan fingerprint density at radius 2 is 2.19 bits per heavy atom. The van der Waals surface area contributed by atoms with Gasteiger partial charge in [0, 0.05) is 6.61 Å². The highest BCUT2D eigenvalue weighted by molar-refractivity contribution is 5.95. The smallest absolute Gasteiger partial charge is 0.335 e. The molecule has 0 aliphatic carbocycles. The molecule has 21 heavy (non-hydrogen) atoms. The first-order chi connectivity index (χ1) is 9.93. The van der Waals surface area contributed by atoms with E-state index in [4.69, 9.17) is 14.6 Å². The number of rotatable bonds is 4. The molecule has 1 aliphatic heterocycles. The number of carbonyl (C=O) groups excluding carboxylic acids is 1. The van der Waals surface area contributed by atoms with Crippen molar-refractivity contribution in [2.24, 2.45) is 0 Å². The Bertz CT molecular complexity index is 552. The molecule has 0 aromatic heterocycles. The number of hydrogen-bond donors (Lipinski definition) is 3. The van der Waals surface area contributed by atoms with Crippen molar-refractivity contribution in [3.63, 3.8) is 0 Å². The van der Waals surface area contributed by atoms with Crippen LogP contribution in [-0.4, -0.2) is 43.0 Å². The van der Waals surface area contributed by atoms with Crippen molar-refractivity contribution in [3.8, 4) is 5.75 Å². The van der Waals surface area contributed by atoms with Crippen LogP contribution < -0.4 is 15.4 Å². The Kier molecular flexibility index (Phi) is 4.32. The summed E-state index contributed by atoms with van der Waals surface area (Å²) in [5.41, 5.74) is -0.0409. The van der Waals surface area contributed by atoms with Crippen LogP contribution in [0.4, 0.5) is 10.5 Å². The number of anilines is 1. The largest absolute Gasteiger partial charge is 0.495 e. The van der Waals surface area contributed by atoms with E-state index in [-0.39, 0.29) is 5.56 Å². The van der Waals surface area contributed by atoms with Gasteiger partial charge in [-0.15, -0.1) is 0 Å². The van der Waals surface area contributed by atoms with Crippen molar-refractivity contribution >= 4 is 17.7 Å². The fraction of sp³-hybridized carbons (Fsp3) is 0.429. The van der Waals surface area contributed by atoms with Crippen LogP contribution in [0, 0.1) is 0 Å². The van der Waals surface area contributed by atoms with Crippen molar-refractivity contribution < 1.29 is 24.2 Å². The van der Waals surface area contributed by atoms with Crippen molar-refractivity contribution in [3.05, 3.63) is 23.8 Å². The van der Waals surface area contributed by atoms with Gasteiger partial charge >= 0.3 is 12.0 Å². The van der Waals surface area contributed by atoms with E-state index in [2.05, 4.69) is 10.6 Å². The predicted molar refractivity (Wildman–Crippen MR) is 75.9 cm³/mol. The number of urea groups is 1. The van der Waals surface area contributed by atoms with E-state index in [0.29, 0.717) is 24.7 Å². The van der Waals surface area contributed by atoms with E-state index >= 15 is 0 Å². The van der Waals surface area contributed by atoms with Crippen LogP contribution in [0.5, 0.6) is 5.75 Å². The number of aromatic carboxylic acids is 1. The monoisotopic (exact) mass is 294 g/mol. The summed E-state index contributed by atoms with van der Waals surface area (Å²) in [6.07, 6.45) is 0.729. The molecule has 1 aromatic carbocycles. The van der Waals surface area contributed by atoms with Gasteiger partial charge in [-0.05, 0) is 31.5 Å². The molecule has 0 bridgehead atoms. The van der Waals surface area contributed by atoms with Gasteiger partial charge < -0.3 is 25.2 Å². The highest BCUT2D eigenvalue weighted by atomic mass is 16.5. The molecule has 2 rings (SSSR count). The Balaban J connectivity index is 2.12. The Hall–Kier alpha value is -2.28. The summed E-state index contributed by atoms with van der Waals surface area (Å²) in [4.78, 5) is 23.0. The number of benzene rings is 1. The summed E-state index contributed by atoms with van der Waals surface area (Å²) in [6, 6.07) is 3.84. The van der Waals surface area contributed by atoms with Crippen LogP contribution in [-0.2, 0) is 4.74 Å². The maximum Gasteiger partial charge on any atom is 0.335 e. The zero-order chi connectivity index (χ0) is 15.5. The highest BCUT2D eigenvalue weighted by Crippen LogP contribution is 2.26. The van der Waals surface area contributed by atoms with Crippen LogP contribution >= 0.6 is 0 Å². The number of amides is 2. The molecule has 0 radical (unpaired) electrons. The predicted octanol–water partition coefficient (Wildman–Crippen LogP) is 1.69. The van der Waals surface area contributed by atoms with Gasteiger partial charge in [0.1, 0.15) is 5.75 Å². The second-order valence-electron chi connectivity index (χ2n) is 5.16. The van der Waals surface area contributed by atoms with Gasteiger partial charge in [0.15, 0.2) is 0 Å². The summed E-state index contributed by atoms with van der Waals surface area (Å²) in [6.45, 7) is 2.95. The number of methoxy groups -OCH3 is 1. The molecule has 7 nitrogen and oxygen atoms in total. The van der Waals surface area contributed by atoms with Crippen molar-refractivity contribution in [1.29, 1.82) is 0 Å². The molecular formula is C14H18N2O5. The quantitative estimate of drug-likeness (QED) is 0.785. The van der Waals surface area contributed by atoms with Crippen LogP contribution in [0.25, 0.3) is 0 Å². The zero-order valence-corrected chi connectivity index (χ0v) is 11.9. The normalized spacial score (nSPS) is 20.9. The number of carboxylic acid groups (broad SMARTS) is 1. The van der Waals surface area contributed by atoms with E-state index in [9.17, 15) is 9.59 Å². The molecule has 1 unspecified atom stereocenters. The first-order valence-corrected chi connectivity index (χ1v) is 6.52. The Labute approximate surface area is 122 Å². The maximum absolute atomic E-state index is 12.0. The van der Waals surface area contributed by atoms with E-state index in [1.54, 1.807) is 0 Å². The van der Waals surface area contributed by atoms with Crippen LogP contribution in [0.3, 0.4) is 0 Å². The fourth-order valence-corrected chi connectivity index (χ4v) is 2.13. The first-order valence-electron chi connectivity index (χ1n) is 6.52. The molecular weight excluding hydrogens is 276 g/mol. The van der Waals surface area contributed by atoms with E-state index in [1.807, 2.05) is 6.92 Å². The minimum absolute atomic E-state index is 0.0708. The lowest BCUT2D eigenvalue weighted by atomic mass is 10.0. The molecule has 0 saturated carbocycles. The summed E-state index contributed by atoms with van der Waals surface area (Å²) in [5, 5.41) is 14.4. The van der Waals surface area contributed by atoms with Crippen molar-refractivity contribution in [1.82, 2.24) is 5.32 Å². The summed E-state index contributed by atoms with van der Waals surface area (Å²) in [7, 11) is 1.45. The summed E-state index contributed by atoms with van der Waals surface area (Å²) >= 11 is 0. The maximum atomic E-state index is 12.0. The Morgan fingerprint density at radius 3 is 2.76 bits per heavy atom. The van der Waals surface area contributed by atoms with E-state index in [1.165, 1.54) is 25.3 Å². The number of carbonyl (C=O) groups is 2. The van der Waals surface area contributed by atoms with Crippen LogP contribution in [0.15, 0.2) is 18.2 Å². The van der Waals surface area contributed by atoms with Gasteiger partial charge in [-0.2, -0.15) is 0 Å². The number of ether oxygens (including phenoxy) is 2. The van der Waals surface area contributed by atoms with Gasteiger partial charge in [0.05, 0.1) is 30.5 Å². The lowest BCUT2D eigenvalue weighted by Crippen LogP contribution is -2.48. The molecule has 1 atom stereocenters. The van der Waals surface area contributed by atoms with Crippen LogP contribution in [0.2, 0.25) is 0 Å². The molecule has 114 valence electrons. The summed E-state index contributed by atoms with van der Waals surface area (Å²) < 4.78 is 10.4. The van der Waals surface area contributed by atoms with Crippen LogP contribution in [0.1, 0.15) is 23.7 Å². The van der Waals surface area contributed by atoms with E-state index < -0.39 is 17.5 Å². The minimum atomic E-state index is -1.07. The molecule has 1 fully saturated rings. The van der Waals surface area contributed by atoms with Gasteiger partial charge in [-0.25, -0.2) is 9.59 Å². The fourth-order valence-electron chi connectivity index (χ4n) is 2.13. The van der Waals surface area contributed by atoms with Crippen molar-refractivity contribution in [2.75, 3.05) is 25.6 Å². The second-order valence-corrected chi connectivity index (χ2v) is 5.16. The first kappa shape index (κ1) is 15.1. The SMILES string of the molecule is COc1ccc(C(=O)O)cc1NC(=O)NC1(C)CCOC1. The average Bonchev–Trinajstić information content (AvgIpc) is 2.84. The number of hydrogen-bond acceptors (Lipinski definition) is 4. The molecule has 1 heterocycles. The third-order valence-corrected chi connectivity index (χ3v) is 3.33. The highest BCUT2D eigenvalue weighted by Gasteiger charge is 2.31. The van der Waals surface area contributed by atoms with E-state index in [0.717, 1.165) is 6.42 Å². The minimum Gasteiger partial charge on any atom is -0.495 e. The third kappa shape index (κ3) is 3.63. The molecule has 1 aromatic rings.